The second-order valence-electron chi connectivity index (χ2n) is 5.46. The summed E-state index contributed by atoms with van der Waals surface area (Å²) in [6.07, 6.45) is 4.32. The van der Waals surface area contributed by atoms with Crippen LogP contribution in [-0.2, 0) is 26.3 Å². The van der Waals surface area contributed by atoms with E-state index in [1.807, 2.05) is 23.1 Å². The highest BCUT2D eigenvalue weighted by atomic mass is 32.1. The van der Waals surface area contributed by atoms with Gasteiger partial charge in [0.2, 0.25) is 0 Å². The molecule has 0 aliphatic rings. The van der Waals surface area contributed by atoms with Crippen molar-refractivity contribution >= 4 is 17.2 Å². The molecule has 0 aliphatic carbocycles. The van der Waals surface area contributed by atoms with Crippen molar-refractivity contribution in [3.8, 4) is 0 Å². The SMILES string of the molecule is CC(C)Cc1c(CCCc2cccs2)nn(C)c1N. The molecule has 4 heteroatoms. The lowest BCUT2D eigenvalue weighted by Gasteiger charge is -2.06. The van der Waals surface area contributed by atoms with E-state index in [4.69, 9.17) is 5.73 Å². The van der Waals surface area contributed by atoms with Gasteiger partial charge in [0.1, 0.15) is 5.82 Å². The summed E-state index contributed by atoms with van der Waals surface area (Å²) in [5.41, 5.74) is 8.56. The number of nitrogens with zero attached hydrogens (tertiary/aromatic N) is 2. The van der Waals surface area contributed by atoms with Crippen LogP contribution in [0.25, 0.3) is 0 Å². The van der Waals surface area contributed by atoms with E-state index in [2.05, 4.69) is 36.5 Å². The van der Waals surface area contributed by atoms with Gasteiger partial charge in [-0.3, -0.25) is 4.68 Å². The zero-order chi connectivity index (χ0) is 13.8. The molecule has 2 rings (SSSR count). The van der Waals surface area contributed by atoms with Crippen molar-refractivity contribution in [2.24, 2.45) is 13.0 Å². The van der Waals surface area contributed by atoms with Crippen molar-refractivity contribution in [1.82, 2.24) is 9.78 Å². The predicted octanol–water partition coefficient (Wildman–Crippen LogP) is 3.44. The first-order valence-electron chi connectivity index (χ1n) is 6.90. The summed E-state index contributed by atoms with van der Waals surface area (Å²) in [5, 5.41) is 6.71. The molecular weight excluding hydrogens is 254 g/mol. The molecule has 0 aromatic carbocycles. The van der Waals surface area contributed by atoms with Crippen molar-refractivity contribution in [3.05, 3.63) is 33.6 Å². The first-order chi connectivity index (χ1) is 9.08. The Balaban J connectivity index is 2.00. The fourth-order valence-corrected chi connectivity index (χ4v) is 3.11. The Morgan fingerprint density at radius 2 is 2.16 bits per heavy atom. The van der Waals surface area contributed by atoms with E-state index in [0.29, 0.717) is 5.92 Å². The van der Waals surface area contributed by atoms with Crippen molar-refractivity contribution < 1.29 is 0 Å². The predicted molar refractivity (Wildman–Crippen MR) is 82.5 cm³/mol. The third-order valence-electron chi connectivity index (χ3n) is 3.31. The first-order valence-corrected chi connectivity index (χ1v) is 7.78. The minimum Gasteiger partial charge on any atom is -0.384 e. The number of hydrogen-bond donors (Lipinski definition) is 1. The van der Waals surface area contributed by atoms with Gasteiger partial charge < -0.3 is 5.73 Å². The second-order valence-corrected chi connectivity index (χ2v) is 6.50. The maximum Gasteiger partial charge on any atom is 0.124 e. The van der Waals surface area contributed by atoms with Gasteiger partial charge in [-0.25, -0.2) is 0 Å². The maximum atomic E-state index is 6.12. The third-order valence-corrected chi connectivity index (χ3v) is 4.24. The molecule has 2 aromatic heterocycles. The molecule has 0 spiro atoms. The van der Waals surface area contributed by atoms with Crippen LogP contribution in [0.2, 0.25) is 0 Å². The van der Waals surface area contributed by atoms with Crippen molar-refractivity contribution in [2.45, 2.75) is 39.5 Å². The summed E-state index contributed by atoms with van der Waals surface area (Å²) in [6, 6.07) is 4.31. The molecule has 0 radical (unpaired) electrons. The van der Waals surface area contributed by atoms with Crippen molar-refractivity contribution in [2.75, 3.05) is 5.73 Å². The fourth-order valence-electron chi connectivity index (χ4n) is 2.35. The Kier molecular flexibility index (Phi) is 4.64. The van der Waals surface area contributed by atoms with Crippen LogP contribution >= 0.6 is 11.3 Å². The number of aromatic nitrogens is 2. The lowest BCUT2D eigenvalue weighted by molar-refractivity contribution is 0.641. The normalized spacial score (nSPS) is 11.4. The van der Waals surface area contributed by atoms with Crippen molar-refractivity contribution in [1.29, 1.82) is 0 Å². The van der Waals surface area contributed by atoms with Gasteiger partial charge in [0.15, 0.2) is 0 Å². The summed E-state index contributed by atoms with van der Waals surface area (Å²) in [6.45, 7) is 4.45. The monoisotopic (exact) mass is 277 g/mol. The highest BCUT2D eigenvalue weighted by molar-refractivity contribution is 7.09. The molecule has 0 atom stereocenters. The maximum absolute atomic E-state index is 6.12. The van der Waals surface area contributed by atoms with Crippen LogP contribution in [0.4, 0.5) is 5.82 Å². The molecule has 0 saturated carbocycles. The molecule has 0 bridgehead atoms. The van der Waals surface area contributed by atoms with E-state index < -0.39 is 0 Å². The van der Waals surface area contributed by atoms with E-state index in [-0.39, 0.29) is 0 Å². The molecule has 19 heavy (non-hydrogen) atoms. The average Bonchev–Trinajstić information content (AvgIpc) is 2.94. The number of thiophene rings is 1. The highest BCUT2D eigenvalue weighted by Crippen LogP contribution is 2.22. The number of anilines is 1. The number of nitrogens with two attached hydrogens (primary N) is 1. The van der Waals surface area contributed by atoms with Gasteiger partial charge >= 0.3 is 0 Å². The number of aryl methyl sites for hydroxylation is 3. The summed E-state index contributed by atoms with van der Waals surface area (Å²) < 4.78 is 1.82. The molecule has 3 nitrogen and oxygen atoms in total. The van der Waals surface area contributed by atoms with Crippen LogP contribution < -0.4 is 5.73 Å². The minimum absolute atomic E-state index is 0.613. The molecule has 104 valence electrons. The van der Waals surface area contributed by atoms with Crippen LogP contribution in [0.15, 0.2) is 17.5 Å². The first kappa shape index (κ1) is 14.1. The van der Waals surface area contributed by atoms with Gasteiger partial charge in [-0.05, 0) is 43.0 Å². The van der Waals surface area contributed by atoms with Gasteiger partial charge in [0.25, 0.3) is 0 Å². The average molecular weight is 277 g/mol. The van der Waals surface area contributed by atoms with Gasteiger partial charge in [-0.15, -0.1) is 11.3 Å². The third kappa shape index (κ3) is 3.60. The Morgan fingerprint density at radius 1 is 1.37 bits per heavy atom. The van der Waals surface area contributed by atoms with E-state index in [0.717, 1.165) is 31.5 Å². The van der Waals surface area contributed by atoms with E-state index >= 15 is 0 Å². The Morgan fingerprint density at radius 3 is 2.79 bits per heavy atom. The molecule has 2 heterocycles. The standard InChI is InChI=1S/C15H23N3S/c1-11(2)10-13-14(17-18(3)15(13)16)8-4-6-12-7-5-9-19-12/h5,7,9,11H,4,6,8,10,16H2,1-3H3. The van der Waals surface area contributed by atoms with Crippen molar-refractivity contribution in [3.63, 3.8) is 0 Å². The van der Waals surface area contributed by atoms with Gasteiger partial charge in [0, 0.05) is 17.5 Å². The van der Waals surface area contributed by atoms with E-state index in [9.17, 15) is 0 Å². The molecule has 2 N–H and O–H groups in total. The number of rotatable bonds is 6. The molecule has 0 fully saturated rings. The Bertz CT molecular complexity index is 512. The summed E-state index contributed by atoms with van der Waals surface area (Å²) in [4.78, 5) is 1.45. The number of nitrogen functional groups attached to an aromatic ring is 1. The quantitative estimate of drug-likeness (QED) is 0.879. The lowest BCUT2D eigenvalue weighted by atomic mass is 10.00. The highest BCUT2D eigenvalue weighted by Gasteiger charge is 2.14. The molecule has 2 aromatic rings. The lowest BCUT2D eigenvalue weighted by Crippen LogP contribution is -2.02. The summed E-state index contributed by atoms with van der Waals surface area (Å²) >= 11 is 1.83. The fraction of sp³-hybridized carbons (Fsp3) is 0.533. The van der Waals surface area contributed by atoms with Gasteiger partial charge in [0.05, 0.1) is 5.69 Å². The molecule has 0 saturated heterocycles. The van der Waals surface area contributed by atoms with Crippen LogP contribution in [0, 0.1) is 5.92 Å². The van der Waals surface area contributed by atoms with E-state index in [1.165, 1.54) is 16.1 Å². The molecular formula is C15H23N3S. The molecule has 0 unspecified atom stereocenters. The van der Waals surface area contributed by atoms with Crippen LogP contribution in [0.1, 0.15) is 36.4 Å². The smallest absolute Gasteiger partial charge is 0.124 e. The largest absolute Gasteiger partial charge is 0.384 e. The van der Waals surface area contributed by atoms with Gasteiger partial charge in [-0.1, -0.05) is 19.9 Å². The van der Waals surface area contributed by atoms with E-state index in [1.54, 1.807) is 0 Å². The Hall–Kier alpha value is -1.29. The van der Waals surface area contributed by atoms with Crippen LogP contribution in [-0.4, -0.2) is 9.78 Å². The molecule has 0 amide bonds. The zero-order valence-electron chi connectivity index (χ0n) is 12.0. The van der Waals surface area contributed by atoms with Gasteiger partial charge in [-0.2, -0.15) is 5.10 Å². The summed E-state index contributed by atoms with van der Waals surface area (Å²) in [5.74, 6) is 1.45. The summed E-state index contributed by atoms with van der Waals surface area (Å²) in [7, 11) is 1.93. The Labute approximate surface area is 119 Å². The number of hydrogen-bond acceptors (Lipinski definition) is 3. The van der Waals surface area contributed by atoms with Crippen LogP contribution in [0.5, 0.6) is 0 Å². The molecule has 0 aliphatic heterocycles. The second kappa shape index (κ2) is 6.24. The minimum atomic E-state index is 0.613. The topological polar surface area (TPSA) is 43.8 Å². The van der Waals surface area contributed by atoms with Crippen LogP contribution in [0.3, 0.4) is 0 Å². The zero-order valence-corrected chi connectivity index (χ0v) is 12.8.